The summed E-state index contributed by atoms with van der Waals surface area (Å²) in [6.07, 6.45) is 0. The van der Waals surface area contributed by atoms with Gasteiger partial charge >= 0.3 is 89.1 Å². The van der Waals surface area contributed by atoms with Gasteiger partial charge in [-0.3, -0.25) is 0 Å². The van der Waals surface area contributed by atoms with E-state index in [2.05, 4.69) is 0 Å². The van der Waals surface area contributed by atoms with Gasteiger partial charge in [0.1, 0.15) is 0 Å². The fraction of sp³-hybridized carbons (Fsp3) is 0.300. The number of carbonyl (C=O) groups is 1. The number of aryl methyl sites for hydroxylation is 1. The molecule has 1 rings (SSSR count). The molecule has 0 saturated heterocycles. The summed E-state index contributed by atoms with van der Waals surface area (Å²) in [6.45, 7) is 2.03. The monoisotopic (exact) mass is 259 g/mol. The third-order valence-corrected chi connectivity index (χ3v) is 4.14. The van der Waals surface area contributed by atoms with E-state index in [1.165, 1.54) is 10.0 Å². The molecule has 0 radical (unpaired) electrons. The minimum atomic E-state index is -0.918. The summed E-state index contributed by atoms with van der Waals surface area (Å²) < 4.78 is 1.19. The fourth-order valence-electron chi connectivity index (χ4n) is 0.892. The van der Waals surface area contributed by atoms with Crippen molar-refractivity contribution in [2.45, 2.75) is 18.3 Å². The van der Waals surface area contributed by atoms with Gasteiger partial charge in [0.2, 0.25) is 0 Å². The Labute approximate surface area is 89.5 Å². The average molecular weight is 258 g/mol. The predicted molar refractivity (Wildman–Crippen MR) is 57.0 cm³/mol. The third-order valence-electron chi connectivity index (χ3n) is 1.77. The Morgan fingerprint density at radius 2 is 2.07 bits per heavy atom. The van der Waals surface area contributed by atoms with Crippen molar-refractivity contribution < 1.29 is 9.90 Å². The SMILES string of the molecule is Cc1ccc([Se]C[C@H](N)C(=O)O)cc1. The number of nitrogens with two attached hydrogens (primary N) is 1. The number of carboxylic acid groups (broad SMARTS) is 1. The molecule has 0 fully saturated rings. The van der Waals surface area contributed by atoms with E-state index in [9.17, 15) is 4.79 Å². The molecular formula is C10H13NO2Se. The van der Waals surface area contributed by atoms with E-state index in [-0.39, 0.29) is 15.0 Å². The topological polar surface area (TPSA) is 63.3 Å². The molecule has 3 N–H and O–H groups in total. The van der Waals surface area contributed by atoms with Crippen LogP contribution < -0.4 is 10.2 Å². The average Bonchev–Trinajstić information content (AvgIpc) is 2.16. The van der Waals surface area contributed by atoms with Crippen LogP contribution >= 0.6 is 0 Å². The maximum atomic E-state index is 10.5. The quantitative estimate of drug-likeness (QED) is 0.756. The molecule has 0 amide bonds. The summed E-state index contributed by atoms with van der Waals surface area (Å²) in [5, 5.41) is 9.14. The molecule has 0 aliphatic heterocycles. The van der Waals surface area contributed by atoms with Gasteiger partial charge in [0.25, 0.3) is 0 Å². The second kappa shape index (κ2) is 5.15. The number of carboxylic acids is 1. The molecule has 76 valence electrons. The Morgan fingerprint density at radius 1 is 1.50 bits per heavy atom. The van der Waals surface area contributed by atoms with E-state index in [4.69, 9.17) is 10.8 Å². The standard InChI is InChI=1S/C10H13NO2Se/c1-7-2-4-8(5-3-7)14-6-9(11)10(12)13/h2-5,9H,6,11H2,1H3,(H,12,13)/t9-/m0/s1. The molecule has 0 bridgehead atoms. The van der Waals surface area contributed by atoms with Crippen LogP contribution in [-0.2, 0) is 4.79 Å². The van der Waals surface area contributed by atoms with E-state index >= 15 is 0 Å². The number of hydrogen-bond donors (Lipinski definition) is 2. The van der Waals surface area contributed by atoms with Gasteiger partial charge in [0, 0.05) is 0 Å². The third kappa shape index (κ3) is 3.50. The van der Waals surface area contributed by atoms with Gasteiger partial charge < -0.3 is 0 Å². The van der Waals surface area contributed by atoms with Gasteiger partial charge in [-0.25, -0.2) is 0 Å². The second-order valence-electron chi connectivity index (χ2n) is 3.07. The summed E-state index contributed by atoms with van der Waals surface area (Å²) in [7, 11) is 0. The van der Waals surface area contributed by atoms with Crippen molar-refractivity contribution >= 4 is 25.4 Å². The van der Waals surface area contributed by atoms with Crippen LogP contribution in [0, 0.1) is 6.92 Å². The zero-order chi connectivity index (χ0) is 10.6. The van der Waals surface area contributed by atoms with Gasteiger partial charge in [-0.05, 0) is 0 Å². The molecule has 3 nitrogen and oxygen atoms in total. The second-order valence-corrected chi connectivity index (χ2v) is 5.36. The summed E-state index contributed by atoms with van der Waals surface area (Å²) in [5.41, 5.74) is 6.63. The van der Waals surface area contributed by atoms with Gasteiger partial charge in [-0.1, -0.05) is 0 Å². The van der Waals surface area contributed by atoms with Crippen LogP contribution in [0.3, 0.4) is 0 Å². The maximum absolute atomic E-state index is 10.5. The minimum absolute atomic E-state index is 0.158. The molecule has 0 aliphatic carbocycles. The van der Waals surface area contributed by atoms with Crippen molar-refractivity contribution in [3.8, 4) is 0 Å². The van der Waals surface area contributed by atoms with Gasteiger partial charge in [-0.2, -0.15) is 0 Å². The van der Waals surface area contributed by atoms with Crippen LogP contribution in [0.25, 0.3) is 0 Å². The number of benzene rings is 1. The summed E-state index contributed by atoms with van der Waals surface area (Å²) >= 11 is 0.158. The first-order valence-electron chi connectivity index (χ1n) is 4.27. The molecule has 0 aliphatic rings. The molecule has 1 aromatic carbocycles. The van der Waals surface area contributed by atoms with E-state index in [0.717, 1.165) is 0 Å². The molecule has 14 heavy (non-hydrogen) atoms. The fourth-order valence-corrected chi connectivity index (χ4v) is 2.66. The first-order valence-corrected chi connectivity index (χ1v) is 6.34. The summed E-state index contributed by atoms with van der Waals surface area (Å²) in [4.78, 5) is 10.5. The summed E-state index contributed by atoms with van der Waals surface area (Å²) in [5.74, 6) is -0.918. The zero-order valence-electron chi connectivity index (χ0n) is 7.93. The molecular weight excluding hydrogens is 245 g/mol. The first kappa shape index (κ1) is 11.2. The Balaban J connectivity index is 2.46. The van der Waals surface area contributed by atoms with Crippen LogP contribution in [0.4, 0.5) is 0 Å². The van der Waals surface area contributed by atoms with E-state index in [0.29, 0.717) is 5.32 Å². The van der Waals surface area contributed by atoms with Crippen molar-refractivity contribution in [1.29, 1.82) is 0 Å². The van der Waals surface area contributed by atoms with E-state index in [1.54, 1.807) is 0 Å². The molecule has 1 aromatic rings. The van der Waals surface area contributed by atoms with Crippen molar-refractivity contribution in [3.05, 3.63) is 29.8 Å². The molecule has 0 aromatic heterocycles. The molecule has 0 saturated carbocycles. The number of hydrogen-bond acceptors (Lipinski definition) is 2. The zero-order valence-corrected chi connectivity index (χ0v) is 9.65. The number of aliphatic carboxylic acids is 1. The van der Waals surface area contributed by atoms with Crippen molar-refractivity contribution in [3.63, 3.8) is 0 Å². The Bertz CT molecular complexity index is 310. The van der Waals surface area contributed by atoms with Crippen molar-refractivity contribution in [2.24, 2.45) is 5.73 Å². The van der Waals surface area contributed by atoms with Crippen molar-refractivity contribution in [2.75, 3.05) is 0 Å². The molecule has 0 spiro atoms. The predicted octanol–water partition coefficient (Wildman–Crippen LogP) is 0.155. The molecule has 4 heteroatoms. The van der Waals surface area contributed by atoms with Crippen LogP contribution in [-0.4, -0.2) is 32.1 Å². The molecule has 1 atom stereocenters. The summed E-state index contributed by atoms with van der Waals surface area (Å²) in [6, 6.07) is 7.40. The van der Waals surface area contributed by atoms with Gasteiger partial charge in [-0.15, -0.1) is 0 Å². The molecule has 0 heterocycles. The Hall–Kier alpha value is -0.831. The first-order chi connectivity index (χ1) is 6.59. The van der Waals surface area contributed by atoms with Crippen LogP contribution in [0.1, 0.15) is 5.56 Å². The van der Waals surface area contributed by atoms with Crippen LogP contribution in [0.15, 0.2) is 24.3 Å². The normalized spacial score (nSPS) is 12.4. The number of rotatable bonds is 4. The van der Waals surface area contributed by atoms with Gasteiger partial charge in [0.15, 0.2) is 0 Å². The van der Waals surface area contributed by atoms with Crippen molar-refractivity contribution in [1.82, 2.24) is 0 Å². The van der Waals surface area contributed by atoms with Gasteiger partial charge in [0.05, 0.1) is 0 Å². The Morgan fingerprint density at radius 3 is 2.57 bits per heavy atom. The Kier molecular flexibility index (Phi) is 4.14. The van der Waals surface area contributed by atoms with E-state index < -0.39 is 12.0 Å². The van der Waals surface area contributed by atoms with E-state index in [1.807, 2.05) is 31.2 Å². The van der Waals surface area contributed by atoms with Crippen LogP contribution in [0.2, 0.25) is 5.32 Å². The van der Waals surface area contributed by atoms with Crippen LogP contribution in [0.5, 0.6) is 0 Å². The molecule has 0 unspecified atom stereocenters.